The fourth-order valence-corrected chi connectivity index (χ4v) is 10.9. The number of aromatic hydroxyl groups is 10. The zero-order valence-corrected chi connectivity index (χ0v) is 36.0. The standard InChI is InChI=1S/C56H44O12/c57-33-10-4-28(5-11-33)49-51(42-23-40(64)26-47-53(42)54(43-22-39(63)24-45(66)52(43)49)56(68-47)30-8-14-35(59)15-9-30)41-17-27(2-16-44(41)65)1-3-31-18-38(62)25-46-48(31)50(32-19-36(60)21-37(61)20-32)55(67-46)29-6-12-34(58)13-7-29/h2,4-26,49-51,54-66H,1,3H2/t49-,50?,51+,54+,55?,56-/m1/s1. The lowest BCUT2D eigenvalue weighted by Gasteiger charge is -2.31. The van der Waals surface area contributed by atoms with Crippen LogP contribution in [0.2, 0.25) is 0 Å². The van der Waals surface area contributed by atoms with Gasteiger partial charge in [0.05, 0.1) is 11.8 Å². The summed E-state index contributed by atoms with van der Waals surface area (Å²) in [6.45, 7) is 0. The third-order valence-corrected chi connectivity index (χ3v) is 13.7. The number of hydrogen-bond donors (Lipinski definition) is 10. The predicted molar refractivity (Wildman–Crippen MR) is 250 cm³/mol. The predicted octanol–water partition coefficient (Wildman–Crippen LogP) is 10.3. The van der Waals surface area contributed by atoms with Gasteiger partial charge < -0.3 is 60.5 Å². The highest BCUT2D eigenvalue weighted by atomic mass is 16.5. The third-order valence-electron chi connectivity index (χ3n) is 13.7. The van der Waals surface area contributed by atoms with Crippen molar-refractivity contribution in [2.75, 3.05) is 0 Å². The van der Waals surface area contributed by atoms with E-state index in [0.29, 0.717) is 68.8 Å². The molecule has 0 saturated carbocycles. The number of phenols is 10. The van der Waals surface area contributed by atoms with Crippen molar-refractivity contribution in [1.82, 2.24) is 0 Å². The molecule has 12 nitrogen and oxygen atoms in total. The average molecular weight is 909 g/mol. The van der Waals surface area contributed by atoms with Gasteiger partial charge in [0.15, 0.2) is 0 Å². The minimum absolute atomic E-state index is 0.0142. The van der Waals surface area contributed by atoms with E-state index in [-0.39, 0.29) is 57.5 Å². The Balaban J connectivity index is 1.06. The van der Waals surface area contributed by atoms with Crippen LogP contribution in [-0.4, -0.2) is 51.1 Å². The first-order valence-electron chi connectivity index (χ1n) is 22.1. The molecule has 2 aliphatic heterocycles. The highest BCUT2D eigenvalue weighted by Gasteiger charge is 2.48. The molecule has 12 heteroatoms. The molecule has 3 aliphatic rings. The molecule has 2 unspecified atom stereocenters. The molecule has 0 fully saturated rings. The van der Waals surface area contributed by atoms with Gasteiger partial charge >= 0.3 is 0 Å². The molecular weight excluding hydrogens is 865 g/mol. The number of benzene rings is 8. The zero-order valence-electron chi connectivity index (χ0n) is 36.0. The fraction of sp³-hybridized carbons (Fsp3) is 0.143. The molecule has 0 radical (unpaired) electrons. The molecule has 340 valence electrons. The Labute approximate surface area is 389 Å². The maximum absolute atomic E-state index is 12.1. The fourth-order valence-electron chi connectivity index (χ4n) is 10.9. The van der Waals surface area contributed by atoms with Gasteiger partial charge in [-0.1, -0.05) is 48.5 Å². The number of aryl methyl sites for hydroxylation is 2. The first-order valence-corrected chi connectivity index (χ1v) is 22.1. The quantitative estimate of drug-likeness (QED) is 0.0688. The molecule has 0 aromatic heterocycles. The van der Waals surface area contributed by atoms with E-state index in [1.165, 1.54) is 24.3 Å². The maximum atomic E-state index is 12.1. The molecule has 6 atom stereocenters. The molecule has 0 saturated heterocycles. The first kappa shape index (κ1) is 42.0. The van der Waals surface area contributed by atoms with Crippen molar-refractivity contribution >= 4 is 0 Å². The van der Waals surface area contributed by atoms with Crippen LogP contribution in [0.5, 0.6) is 69.0 Å². The molecule has 0 spiro atoms. The van der Waals surface area contributed by atoms with E-state index >= 15 is 0 Å². The van der Waals surface area contributed by atoms with E-state index in [1.54, 1.807) is 115 Å². The van der Waals surface area contributed by atoms with Gasteiger partial charge in [0.1, 0.15) is 81.2 Å². The summed E-state index contributed by atoms with van der Waals surface area (Å²) in [6, 6.07) is 38.6. The van der Waals surface area contributed by atoms with Gasteiger partial charge in [-0.3, -0.25) is 0 Å². The Morgan fingerprint density at radius 3 is 1.41 bits per heavy atom. The summed E-state index contributed by atoms with van der Waals surface area (Å²) < 4.78 is 13.2. The van der Waals surface area contributed by atoms with Crippen molar-refractivity contribution in [1.29, 1.82) is 0 Å². The van der Waals surface area contributed by atoms with E-state index in [4.69, 9.17) is 9.47 Å². The number of hydrogen-bond acceptors (Lipinski definition) is 12. The highest BCUT2D eigenvalue weighted by molar-refractivity contribution is 5.68. The number of ether oxygens (including phenoxy) is 2. The normalized spacial score (nSPS) is 19.8. The SMILES string of the molecule is Oc1ccc(C2Oc3cc(O)cc(CCc4ccc(O)c([C@H]5c6cc(O)cc7c6[C@H](c6cc(O)cc(O)c6[C@@H]5c5ccc(O)cc5)[C@@H](c5ccc(O)cc5)O7)c4)c3C2c2cc(O)cc(O)c2)cc1. The second-order valence-electron chi connectivity index (χ2n) is 17.9. The molecule has 8 aromatic carbocycles. The highest BCUT2D eigenvalue weighted by Crippen LogP contribution is 2.63. The summed E-state index contributed by atoms with van der Waals surface area (Å²) in [5, 5.41) is 110. The van der Waals surface area contributed by atoms with Crippen molar-refractivity contribution < 1.29 is 60.5 Å². The van der Waals surface area contributed by atoms with Gasteiger partial charge in [-0.05, 0) is 130 Å². The summed E-state index contributed by atoms with van der Waals surface area (Å²) in [7, 11) is 0. The monoisotopic (exact) mass is 908 g/mol. The van der Waals surface area contributed by atoms with Crippen LogP contribution in [0.3, 0.4) is 0 Å². The zero-order chi connectivity index (χ0) is 47.1. The Kier molecular flexibility index (Phi) is 9.92. The largest absolute Gasteiger partial charge is 0.508 e. The molecular formula is C56H44O12. The van der Waals surface area contributed by atoms with Gasteiger partial charge in [-0.15, -0.1) is 0 Å². The summed E-state index contributed by atoms with van der Waals surface area (Å²) in [4.78, 5) is 0. The van der Waals surface area contributed by atoms with E-state index < -0.39 is 35.9 Å². The molecule has 1 aliphatic carbocycles. The smallest absolute Gasteiger partial charge is 0.135 e. The van der Waals surface area contributed by atoms with Crippen LogP contribution in [0, 0.1) is 0 Å². The van der Waals surface area contributed by atoms with Crippen LogP contribution in [-0.2, 0) is 12.8 Å². The summed E-state index contributed by atoms with van der Waals surface area (Å²) in [5.41, 5.74) is 7.57. The molecule has 0 bridgehead atoms. The van der Waals surface area contributed by atoms with Crippen LogP contribution >= 0.6 is 0 Å². The van der Waals surface area contributed by atoms with E-state index in [2.05, 4.69) is 0 Å². The molecule has 68 heavy (non-hydrogen) atoms. The Morgan fingerprint density at radius 2 is 0.809 bits per heavy atom. The van der Waals surface area contributed by atoms with Crippen LogP contribution in [0.1, 0.15) is 103 Å². The molecule has 11 rings (SSSR count). The molecule has 0 amide bonds. The van der Waals surface area contributed by atoms with Gasteiger partial charge in [-0.2, -0.15) is 0 Å². The molecule has 2 heterocycles. The molecule has 10 N–H and O–H groups in total. The summed E-state index contributed by atoms with van der Waals surface area (Å²) >= 11 is 0. The number of rotatable bonds is 8. The van der Waals surface area contributed by atoms with Crippen LogP contribution in [0.15, 0.2) is 146 Å². The Bertz CT molecular complexity index is 3250. The lowest BCUT2D eigenvalue weighted by Crippen LogP contribution is -2.16. The lowest BCUT2D eigenvalue weighted by atomic mass is 9.72. The average Bonchev–Trinajstić information content (AvgIpc) is 3.84. The lowest BCUT2D eigenvalue weighted by molar-refractivity contribution is 0.221. The second-order valence-corrected chi connectivity index (χ2v) is 17.9. The summed E-state index contributed by atoms with van der Waals surface area (Å²) in [6.07, 6.45) is -0.662. The van der Waals surface area contributed by atoms with Gasteiger partial charge in [0, 0.05) is 58.4 Å². The van der Waals surface area contributed by atoms with Crippen LogP contribution in [0.4, 0.5) is 0 Å². The minimum atomic E-state index is -0.825. The number of phenolic OH excluding ortho intramolecular Hbond substituents is 10. The third kappa shape index (κ3) is 7.17. The first-order chi connectivity index (χ1) is 32.8. The van der Waals surface area contributed by atoms with Crippen molar-refractivity contribution in [3.63, 3.8) is 0 Å². The minimum Gasteiger partial charge on any atom is -0.508 e. The van der Waals surface area contributed by atoms with E-state index in [0.717, 1.165) is 22.3 Å². The topological polar surface area (TPSA) is 221 Å². The molecule has 8 aromatic rings. The van der Waals surface area contributed by atoms with E-state index in [9.17, 15) is 51.1 Å². The Hall–Kier alpha value is -8.64. The second kappa shape index (κ2) is 16.1. The van der Waals surface area contributed by atoms with Crippen molar-refractivity contribution in [3.05, 3.63) is 212 Å². The van der Waals surface area contributed by atoms with Gasteiger partial charge in [0.25, 0.3) is 0 Å². The van der Waals surface area contributed by atoms with Crippen LogP contribution < -0.4 is 9.47 Å². The van der Waals surface area contributed by atoms with Crippen LogP contribution in [0.25, 0.3) is 0 Å². The number of fused-ring (bicyclic) bond motifs is 3. The van der Waals surface area contributed by atoms with Crippen molar-refractivity contribution in [2.45, 2.75) is 48.7 Å². The van der Waals surface area contributed by atoms with Crippen molar-refractivity contribution in [3.8, 4) is 69.0 Å². The Morgan fingerprint density at radius 1 is 0.309 bits per heavy atom. The van der Waals surface area contributed by atoms with Gasteiger partial charge in [-0.25, -0.2) is 0 Å². The summed E-state index contributed by atoms with van der Waals surface area (Å²) in [5.74, 6) is -2.80. The van der Waals surface area contributed by atoms with E-state index in [1.807, 2.05) is 6.07 Å². The maximum Gasteiger partial charge on any atom is 0.135 e. The van der Waals surface area contributed by atoms with Gasteiger partial charge in [0.2, 0.25) is 0 Å². The van der Waals surface area contributed by atoms with Crippen molar-refractivity contribution in [2.24, 2.45) is 0 Å².